The van der Waals surface area contributed by atoms with Gasteiger partial charge >= 0.3 is 0 Å². The lowest BCUT2D eigenvalue weighted by Gasteiger charge is -2.28. The Morgan fingerprint density at radius 1 is 1.30 bits per heavy atom. The van der Waals surface area contributed by atoms with E-state index in [0.29, 0.717) is 25.4 Å². The zero-order chi connectivity index (χ0) is 15.0. The van der Waals surface area contributed by atoms with E-state index in [1.54, 1.807) is 0 Å². The minimum absolute atomic E-state index is 0.0851. The zero-order valence-corrected chi connectivity index (χ0v) is 12.3. The van der Waals surface area contributed by atoms with Gasteiger partial charge in [0.25, 0.3) is 0 Å². The summed E-state index contributed by atoms with van der Waals surface area (Å²) in [4.78, 5) is 2.02. The summed E-state index contributed by atoms with van der Waals surface area (Å²) in [5, 5.41) is 19.0. The number of ether oxygens (including phenoxy) is 1. The Hall–Kier alpha value is -1.14. The summed E-state index contributed by atoms with van der Waals surface area (Å²) in [6.07, 6.45) is -0.602. The van der Waals surface area contributed by atoms with Gasteiger partial charge in [-0.3, -0.25) is 4.90 Å². The van der Waals surface area contributed by atoms with Crippen LogP contribution in [0.4, 0.5) is 0 Å². The summed E-state index contributed by atoms with van der Waals surface area (Å²) in [6, 6.07) is 7.82. The first-order chi connectivity index (χ1) is 9.58. The quantitative estimate of drug-likeness (QED) is 0.618. The van der Waals surface area contributed by atoms with Gasteiger partial charge in [-0.05, 0) is 19.9 Å². The summed E-state index contributed by atoms with van der Waals surface area (Å²) in [6.45, 7) is 5.80. The van der Waals surface area contributed by atoms with Gasteiger partial charge in [-0.15, -0.1) is 0 Å². The second-order valence-electron chi connectivity index (χ2n) is 5.09. The maximum atomic E-state index is 10.0. The molecule has 5 nitrogen and oxygen atoms in total. The molecule has 20 heavy (non-hydrogen) atoms. The molecule has 0 spiro atoms. The fourth-order valence-corrected chi connectivity index (χ4v) is 2.01. The molecule has 0 aromatic heterocycles. The molecule has 1 aromatic carbocycles. The van der Waals surface area contributed by atoms with Crippen LogP contribution in [-0.2, 0) is 6.54 Å². The van der Waals surface area contributed by atoms with Crippen molar-refractivity contribution < 1.29 is 14.9 Å². The van der Waals surface area contributed by atoms with Gasteiger partial charge in [0.2, 0.25) is 0 Å². The van der Waals surface area contributed by atoms with Crippen molar-refractivity contribution in [2.24, 2.45) is 5.73 Å². The van der Waals surface area contributed by atoms with E-state index in [1.165, 1.54) is 0 Å². The average molecular weight is 282 g/mol. The Labute approximate surface area is 121 Å². The number of aliphatic hydroxyl groups is 2. The van der Waals surface area contributed by atoms with Crippen LogP contribution in [0.25, 0.3) is 0 Å². The fraction of sp³-hybridized carbons (Fsp3) is 0.600. The number of aliphatic hydroxyl groups excluding tert-OH is 2. The highest BCUT2D eigenvalue weighted by Crippen LogP contribution is 2.17. The van der Waals surface area contributed by atoms with Gasteiger partial charge in [0, 0.05) is 31.2 Å². The van der Waals surface area contributed by atoms with Crippen molar-refractivity contribution >= 4 is 0 Å². The topological polar surface area (TPSA) is 79.0 Å². The molecule has 114 valence electrons. The van der Waals surface area contributed by atoms with Crippen LogP contribution in [0.15, 0.2) is 24.3 Å². The first-order valence-electron chi connectivity index (χ1n) is 7.02. The molecule has 0 saturated carbocycles. The molecule has 0 aliphatic carbocycles. The summed E-state index contributed by atoms with van der Waals surface area (Å²) < 4.78 is 5.63. The lowest BCUT2D eigenvalue weighted by Crippen LogP contribution is -2.41. The smallest absolute Gasteiger partial charge is 0.123 e. The maximum absolute atomic E-state index is 10.0. The van der Waals surface area contributed by atoms with Gasteiger partial charge in [0.1, 0.15) is 18.5 Å². The first-order valence-corrected chi connectivity index (χ1v) is 7.02. The molecule has 1 atom stereocenters. The first kappa shape index (κ1) is 16.9. The molecule has 1 unspecified atom stereocenters. The van der Waals surface area contributed by atoms with Crippen LogP contribution in [0.2, 0.25) is 0 Å². The molecule has 0 heterocycles. The summed E-state index contributed by atoms with van der Waals surface area (Å²) >= 11 is 0. The van der Waals surface area contributed by atoms with Crippen LogP contribution in [0.1, 0.15) is 19.4 Å². The molecule has 0 aliphatic heterocycles. The van der Waals surface area contributed by atoms with E-state index in [-0.39, 0.29) is 19.3 Å². The van der Waals surface area contributed by atoms with E-state index in [4.69, 9.17) is 15.6 Å². The molecule has 0 fully saturated rings. The SMILES string of the molecule is CC(C)N(CCO)CC(O)COc1ccccc1CN. The number of rotatable bonds is 9. The van der Waals surface area contributed by atoms with Crippen LogP contribution < -0.4 is 10.5 Å². The fourth-order valence-electron chi connectivity index (χ4n) is 2.01. The van der Waals surface area contributed by atoms with E-state index >= 15 is 0 Å². The molecule has 0 saturated heterocycles. The molecule has 0 amide bonds. The highest BCUT2D eigenvalue weighted by molar-refractivity contribution is 5.32. The Bertz CT molecular complexity index is 385. The second-order valence-corrected chi connectivity index (χ2v) is 5.09. The minimum Gasteiger partial charge on any atom is -0.491 e. The van der Waals surface area contributed by atoms with Gasteiger partial charge in [0.15, 0.2) is 0 Å². The van der Waals surface area contributed by atoms with E-state index in [2.05, 4.69) is 0 Å². The van der Waals surface area contributed by atoms with Crippen molar-refractivity contribution in [2.45, 2.75) is 32.5 Å². The third-order valence-corrected chi connectivity index (χ3v) is 3.19. The number of para-hydroxylation sites is 1. The second kappa shape index (κ2) is 8.92. The Morgan fingerprint density at radius 3 is 2.60 bits per heavy atom. The molecule has 5 heteroatoms. The molecule has 4 N–H and O–H groups in total. The van der Waals surface area contributed by atoms with Crippen molar-refractivity contribution in [1.82, 2.24) is 4.90 Å². The highest BCUT2D eigenvalue weighted by Gasteiger charge is 2.15. The van der Waals surface area contributed by atoms with Crippen LogP contribution in [-0.4, -0.2) is 53.6 Å². The van der Waals surface area contributed by atoms with Crippen molar-refractivity contribution in [1.29, 1.82) is 0 Å². The maximum Gasteiger partial charge on any atom is 0.123 e. The third-order valence-electron chi connectivity index (χ3n) is 3.19. The molecule has 1 aromatic rings. The average Bonchev–Trinajstić information content (AvgIpc) is 2.44. The lowest BCUT2D eigenvalue weighted by molar-refractivity contribution is 0.0500. The Morgan fingerprint density at radius 2 is 2.00 bits per heavy atom. The van der Waals surface area contributed by atoms with Crippen LogP contribution in [0.3, 0.4) is 0 Å². The standard InChI is InChI=1S/C15H26N2O3/c1-12(2)17(7-8-18)10-14(19)11-20-15-6-4-3-5-13(15)9-16/h3-6,12,14,18-19H,7-11,16H2,1-2H3. The van der Waals surface area contributed by atoms with Crippen LogP contribution in [0, 0.1) is 0 Å². The largest absolute Gasteiger partial charge is 0.491 e. The van der Waals surface area contributed by atoms with Crippen LogP contribution in [0.5, 0.6) is 5.75 Å². The Kier molecular flexibility index (Phi) is 7.54. The molecular weight excluding hydrogens is 256 g/mol. The minimum atomic E-state index is -0.602. The number of hydrogen-bond acceptors (Lipinski definition) is 5. The number of nitrogens with zero attached hydrogens (tertiary/aromatic N) is 1. The van der Waals surface area contributed by atoms with Gasteiger partial charge in [-0.25, -0.2) is 0 Å². The van der Waals surface area contributed by atoms with Crippen molar-refractivity contribution in [3.8, 4) is 5.75 Å². The monoisotopic (exact) mass is 282 g/mol. The summed E-state index contributed by atoms with van der Waals surface area (Å²) in [7, 11) is 0. The molecular formula is C15H26N2O3. The normalized spacial score (nSPS) is 12.9. The van der Waals surface area contributed by atoms with Crippen molar-refractivity contribution in [3.63, 3.8) is 0 Å². The van der Waals surface area contributed by atoms with Gasteiger partial charge < -0.3 is 20.7 Å². The molecule has 0 bridgehead atoms. The van der Waals surface area contributed by atoms with E-state index in [9.17, 15) is 5.11 Å². The molecule has 0 radical (unpaired) electrons. The van der Waals surface area contributed by atoms with Gasteiger partial charge in [0.05, 0.1) is 6.61 Å². The Balaban J connectivity index is 2.48. The third kappa shape index (κ3) is 5.46. The predicted octanol–water partition coefficient (Wildman–Crippen LogP) is 0.588. The van der Waals surface area contributed by atoms with Gasteiger partial charge in [-0.1, -0.05) is 18.2 Å². The lowest BCUT2D eigenvalue weighted by atomic mass is 10.2. The number of benzene rings is 1. The van der Waals surface area contributed by atoms with Crippen molar-refractivity contribution in [3.05, 3.63) is 29.8 Å². The van der Waals surface area contributed by atoms with E-state index in [0.717, 1.165) is 5.56 Å². The molecule has 1 rings (SSSR count). The van der Waals surface area contributed by atoms with E-state index < -0.39 is 6.10 Å². The number of nitrogens with two attached hydrogens (primary N) is 1. The van der Waals surface area contributed by atoms with Crippen molar-refractivity contribution in [2.75, 3.05) is 26.3 Å². The zero-order valence-electron chi connectivity index (χ0n) is 12.3. The molecule has 0 aliphatic rings. The summed E-state index contributed by atoms with van der Waals surface area (Å²) in [5.74, 6) is 0.715. The van der Waals surface area contributed by atoms with Crippen LogP contribution >= 0.6 is 0 Å². The van der Waals surface area contributed by atoms with E-state index in [1.807, 2.05) is 43.0 Å². The number of hydrogen-bond donors (Lipinski definition) is 3. The highest BCUT2D eigenvalue weighted by atomic mass is 16.5. The van der Waals surface area contributed by atoms with Gasteiger partial charge in [-0.2, -0.15) is 0 Å². The summed E-state index contributed by atoms with van der Waals surface area (Å²) in [5.41, 5.74) is 6.57. The predicted molar refractivity (Wildman–Crippen MR) is 79.6 cm³/mol.